The molecule has 0 aliphatic heterocycles. The van der Waals surface area contributed by atoms with Crippen LogP contribution in [-0.4, -0.2) is 17.3 Å². The third-order valence-corrected chi connectivity index (χ3v) is 3.86. The van der Waals surface area contributed by atoms with Gasteiger partial charge in [0.2, 0.25) is 5.88 Å². The van der Waals surface area contributed by atoms with E-state index < -0.39 is 12.1 Å². The van der Waals surface area contributed by atoms with Gasteiger partial charge in [-0.15, -0.1) is 37.1 Å². The van der Waals surface area contributed by atoms with Crippen LogP contribution in [0, 0.1) is 0 Å². The summed E-state index contributed by atoms with van der Waals surface area (Å²) in [6, 6.07) is 18.7. The number of nitrogens with two attached hydrogens (primary N) is 1. The monoisotopic (exact) mass is 544 g/mol. The number of aromatic nitrogens is 1. The van der Waals surface area contributed by atoms with Crippen LogP contribution in [0.4, 0.5) is 18.9 Å². The number of halogens is 4. The van der Waals surface area contributed by atoms with E-state index in [0.29, 0.717) is 18.1 Å². The first-order valence-electron chi connectivity index (χ1n) is 8.93. The van der Waals surface area contributed by atoms with E-state index in [4.69, 9.17) is 10.5 Å². The van der Waals surface area contributed by atoms with E-state index in [1.807, 2.05) is 30.3 Å². The van der Waals surface area contributed by atoms with E-state index in [1.54, 1.807) is 24.4 Å². The Labute approximate surface area is 194 Å². The minimum absolute atomic E-state index is 0. The Bertz CT molecular complexity index is 1000. The van der Waals surface area contributed by atoms with Crippen LogP contribution in [0.2, 0.25) is 0 Å². The number of hydrogen-bond donors (Lipinski definition) is 2. The molecule has 0 atom stereocenters. The van der Waals surface area contributed by atoms with E-state index in [9.17, 15) is 13.2 Å². The van der Waals surface area contributed by atoms with Gasteiger partial charge in [-0.25, -0.2) is 9.98 Å². The van der Waals surface area contributed by atoms with Crippen molar-refractivity contribution in [3.63, 3.8) is 0 Å². The third kappa shape index (κ3) is 7.96. The summed E-state index contributed by atoms with van der Waals surface area (Å²) in [7, 11) is 0. The highest BCUT2D eigenvalue weighted by Crippen LogP contribution is 2.29. The smallest absolute Gasteiger partial charge is 0.473 e. The first kappa shape index (κ1) is 24.3. The van der Waals surface area contributed by atoms with Crippen LogP contribution < -0.4 is 20.5 Å². The van der Waals surface area contributed by atoms with Crippen LogP contribution in [0.15, 0.2) is 77.9 Å². The van der Waals surface area contributed by atoms with Crippen LogP contribution in [0.3, 0.4) is 0 Å². The van der Waals surface area contributed by atoms with Crippen molar-refractivity contribution >= 4 is 35.6 Å². The van der Waals surface area contributed by atoms with Crippen molar-refractivity contribution < 1.29 is 22.6 Å². The summed E-state index contributed by atoms with van der Waals surface area (Å²) < 4.78 is 47.4. The van der Waals surface area contributed by atoms with Crippen molar-refractivity contribution in [2.45, 2.75) is 19.5 Å². The number of benzene rings is 2. The number of nitrogens with one attached hydrogen (secondary N) is 1. The van der Waals surface area contributed by atoms with Crippen LogP contribution in [0.5, 0.6) is 11.6 Å². The van der Waals surface area contributed by atoms with Crippen LogP contribution in [0.1, 0.15) is 11.1 Å². The standard InChI is InChI=1S/C21H19F3N4O2.HI/c22-21(23,24)30-18-11-5-4-10-17(18)28-20(25)27-13-16-9-6-12-26-19(16)29-14-15-7-2-1-3-8-15;/h1-12H,13-14H2,(H3,25,27,28);1H. The lowest BCUT2D eigenvalue weighted by Crippen LogP contribution is -2.24. The molecule has 0 aliphatic carbocycles. The van der Waals surface area contributed by atoms with E-state index in [-0.39, 0.29) is 42.2 Å². The molecule has 3 rings (SSSR count). The molecule has 10 heteroatoms. The van der Waals surface area contributed by atoms with Crippen molar-refractivity contribution in [2.75, 3.05) is 5.32 Å². The highest BCUT2D eigenvalue weighted by atomic mass is 127. The molecular weight excluding hydrogens is 524 g/mol. The van der Waals surface area contributed by atoms with Gasteiger partial charge >= 0.3 is 6.36 Å². The van der Waals surface area contributed by atoms with Gasteiger partial charge < -0.3 is 20.5 Å². The maximum atomic E-state index is 12.5. The van der Waals surface area contributed by atoms with Crippen LogP contribution in [0.25, 0.3) is 0 Å². The molecule has 0 saturated carbocycles. The van der Waals surface area contributed by atoms with Crippen molar-refractivity contribution in [3.05, 3.63) is 84.1 Å². The van der Waals surface area contributed by atoms with Crippen molar-refractivity contribution in [1.82, 2.24) is 4.98 Å². The average Bonchev–Trinajstić information content (AvgIpc) is 2.72. The Hall–Kier alpha value is -3.02. The van der Waals surface area contributed by atoms with Crippen LogP contribution >= 0.6 is 24.0 Å². The largest absolute Gasteiger partial charge is 0.573 e. The van der Waals surface area contributed by atoms with Crippen molar-refractivity contribution in [3.8, 4) is 11.6 Å². The zero-order chi connectivity index (χ0) is 21.4. The Morgan fingerprint density at radius 2 is 1.71 bits per heavy atom. The van der Waals surface area contributed by atoms with Gasteiger partial charge in [-0.1, -0.05) is 48.5 Å². The van der Waals surface area contributed by atoms with Gasteiger partial charge in [0.15, 0.2) is 11.7 Å². The molecule has 0 amide bonds. The number of pyridine rings is 1. The first-order valence-corrected chi connectivity index (χ1v) is 8.93. The Kier molecular flexibility index (Phi) is 8.91. The number of rotatable bonds is 7. The number of ether oxygens (including phenoxy) is 2. The molecule has 0 aliphatic rings. The Morgan fingerprint density at radius 3 is 2.45 bits per heavy atom. The molecule has 1 aromatic heterocycles. The minimum atomic E-state index is -4.82. The number of anilines is 1. The number of guanidine groups is 1. The van der Waals surface area contributed by atoms with Gasteiger partial charge in [0.25, 0.3) is 0 Å². The molecule has 0 fully saturated rings. The summed E-state index contributed by atoms with van der Waals surface area (Å²) in [5.41, 5.74) is 7.55. The Balaban J connectivity index is 0.00000341. The normalized spacial score (nSPS) is 11.4. The fraction of sp³-hybridized carbons (Fsp3) is 0.143. The fourth-order valence-corrected chi connectivity index (χ4v) is 2.53. The fourth-order valence-electron chi connectivity index (χ4n) is 2.53. The molecule has 1 heterocycles. The maximum absolute atomic E-state index is 12.5. The molecule has 0 bridgehead atoms. The zero-order valence-corrected chi connectivity index (χ0v) is 18.5. The average molecular weight is 544 g/mol. The molecule has 6 nitrogen and oxygen atoms in total. The molecular formula is C21H20F3IN4O2. The zero-order valence-electron chi connectivity index (χ0n) is 16.2. The molecule has 0 radical (unpaired) electrons. The van der Waals surface area contributed by atoms with E-state index in [0.717, 1.165) is 5.56 Å². The second-order valence-corrected chi connectivity index (χ2v) is 6.11. The van der Waals surface area contributed by atoms with E-state index >= 15 is 0 Å². The second kappa shape index (κ2) is 11.4. The summed E-state index contributed by atoms with van der Waals surface area (Å²) >= 11 is 0. The van der Waals surface area contributed by atoms with Gasteiger partial charge in [0.1, 0.15) is 6.61 Å². The van der Waals surface area contributed by atoms with Crippen molar-refractivity contribution in [1.29, 1.82) is 0 Å². The molecule has 3 aromatic rings. The highest BCUT2D eigenvalue weighted by molar-refractivity contribution is 14.0. The summed E-state index contributed by atoms with van der Waals surface area (Å²) in [4.78, 5) is 8.38. The van der Waals surface area contributed by atoms with Gasteiger partial charge in [0, 0.05) is 11.8 Å². The summed E-state index contributed by atoms with van der Waals surface area (Å²) in [5.74, 6) is -0.0822. The van der Waals surface area contributed by atoms with Gasteiger partial charge in [0.05, 0.1) is 12.2 Å². The van der Waals surface area contributed by atoms with Crippen LogP contribution in [-0.2, 0) is 13.2 Å². The first-order chi connectivity index (χ1) is 14.4. The molecule has 164 valence electrons. The molecule has 31 heavy (non-hydrogen) atoms. The van der Waals surface area contributed by atoms with E-state index in [1.165, 1.54) is 18.2 Å². The predicted molar refractivity (Wildman–Crippen MR) is 123 cm³/mol. The molecule has 0 spiro atoms. The Morgan fingerprint density at radius 1 is 1.00 bits per heavy atom. The number of nitrogens with zero attached hydrogens (tertiary/aromatic N) is 2. The lowest BCUT2D eigenvalue weighted by molar-refractivity contribution is -0.274. The molecule has 3 N–H and O–H groups in total. The highest BCUT2D eigenvalue weighted by Gasteiger charge is 2.32. The number of alkyl halides is 3. The SMILES string of the molecule is I.NC(=NCc1cccnc1OCc1ccccc1)Nc1ccccc1OC(F)(F)F. The summed E-state index contributed by atoms with van der Waals surface area (Å²) in [6.07, 6.45) is -3.22. The van der Waals surface area contributed by atoms with Gasteiger partial charge in [-0.05, 0) is 23.8 Å². The summed E-state index contributed by atoms with van der Waals surface area (Å²) in [6.45, 7) is 0.462. The number of para-hydroxylation sites is 2. The molecule has 0 saturated heterocycles. The predicted octanol–water partition coefficient (Wildman–Crippen LogP) is 5.10. The topological polar surface area (TPSA) is 81.8 Å². The summed E-state index contributed by atoms with van der Waals surface area (Å²) in [5, 5.41) is 2.62. The lowest BCUT2D eigenvalue weighted by atomic mass is 10.2. The van der Waals surface area contributed by atoms with Gasteiger partial charge in [-0.2, -0.15) is 0 Å². The minimum Gasteiger partial charge on any atom is -0.473 e. The molecule has 2 aromatic carbocycles. The third-order valence-electron chi connectivity index (χ3n) is 3.86. The van der Waals surface area contributed by atoms with Crippen molar-refractivity contribution in [2.24, 2.45) is 10.7 Å². The van der Waals surface area contributed by atoms with E-state index in [2.05, 4.69) is 20.0 Å². The number of aliphatic imine (C=N–C) groups is 1. The molecule has 0 unspecified atom stereocenters. The van der Waals surface area contributed by atoms with Gasteiger partial charge in [-0.3, -0.25) is 0 Å². The quantitative estimate of drug-likeness (QED) is 0.246. The second-order valence-electron chi connectivity index (χ2n) is 6.11. The maximum Gasteiger partial charge on any atom is 0.573 e. The number of hydrogen-bond acceptors (Lipinski definition) is 4. The lowest BCUT2D eigenvalue weighted by Gasteiger charge is -2.14.